The maximum atomic E-state index is 4.15. The number of anilines is 1. The third-order valence-corrected chi connectivity index (χ3v) is 2.00. The van der Waals surface area contributed by atoms with E-state index in [0.29, 0.717) is 0 Å². The zero-order valence-corrected chi connectivity index (χ0v) is 8.06. The van der Waals surface area contributed by atoms with E-state index in [2.05, 4.69) is 30.1 Å². The number of para-hydroxylation sites is 1. The van der Waals surface area contributed by atoms with Crippen molar-refractivity contribution in [2.45, 2.75) is 12.8 Å². The fourth-order valence-corrected chi connectivity index (χ4v) is 1.25. The lowest BCUT2D eigenvalue weighted by Gasteiger charge is -2.04. The van der Waals surface area contributed by atoms with Crippen molar-refractivity contribution in [2.75, 3.05) is 17.6 Å². The fraction of sp³-hybridized carbons (Fsp3) is 0.400. The van der Waals surface area contributed by atoms with Crippen LogP contribution in [0, 0.1) is 0 Å². The van der Waals surface area contributed by atoms with E-state index in [4.69, 9.17) is 0 Å². The highest BCUT2D eigenvalue weighted by Crippen LogP contribution is 2.04. The molecule has 1 rings (SSSR count). The molecule has 0 bridgehead atoms. The first-order valence-corrected chi connectivity index (χ1v) is 4.96. The van der Waals surface area contributed by atoms with Gasteiger partial charge in [-0.2, -0.15) is 12.6 Å². The fourth-order valence-electron chi connectivity index (χ4n) is 1.03. The van der Waals surface area contributed by atoms with Crippen LogP contribution >= 0.6 is 12.6 Å². The van der Waals surface area contributed by atoms with Crippen LogP contribution in [-0.2, 0) is 0 Å². The van der Waals surface area contributed by atoms with Gasteiger partial charge in [0, 0.05) is 12.2 Å². The molecule has 12 heavy (non-hydrogen) atoms. The van der Waals surface area contributed by atoms with E-state index in [0.717, 1.165) is 12.3 Å². The first-order valence-electron chi connectivity index (χ1n) is 4.33. The minimum Gasteiger partial charge on any atom is -0.385 e. The van der Waals surface area contributed by atoms with Gasteiger partial charge in [0.05, 0.1) is 0 Å². The predicted molar refractivity (Wildman–Crippen MR) is 58.0 cm³/mol. The molecule has 1 aromatic carbocycles. The van der Waals surface area contributed by atoms with Gasteiger partial charge in [0.1, 0.15) is 0 Å². The second-order valence-electron chi connectivity index (χ2n) is 2.72. The topological polar surface area (TPSA) is 12.0 Å². The van der Waals surface area contributed by atoms with Crippen LogP contribution in [0.2, 0.25) is 0 Å². The molecule has 0 saturated heterocycles. The Balaban J connectivity index is 2.16. The van der Waals surface area contributed by atoms with Crippen molar-refractivity contribution in [1.82, 2.24) is 0 Å². The summed E-state index contributed by atoms with van der Waals surface area (Å²) < 4.78 is 0. The molecular weight excluding hydrogens is 166 g/mol. The Labute approximate surface area is 79.6 Å². The van der Waals surface area contributed by atoms with Crippen LogP contribution in [0.4, 0.5) is 5.69 Å². The van der Waals surface area contributed by atoms with E-state index < -0.39 is 0 Å². The van der Waals surface area contributed by atoms with E-state index in [9.17, 15) is 0 Å². The molecule has 0 heterocycles. The molecule has 0 saturated carbocycles. The van der Waals surface area contributed by atoms with Gasteiger partial charge in [-0.05, 0) is 30.7 Å². The first-order chi connectivity index (χ1) is 5.93. The molecule has 0 aliphatic rings. The molecule has 1 nitrogen and oxygen atoms in total. The van der Waals surface area contributed by atoms with Gasteiger partial charge in [-0.1, -0.05) is 18.2 Å². The van der Waals surface area contributed by atoms with Gasteiger partial charge in [-0.15, -0.1) is 0 Å². The highest BCUT2D eigenvalue weighted by molar-refractivity contribution is 7.80. The van der Waals surface area contributed by atoms with Crippen LogP contribution in [0.3, 0.4) is 0 Å². The van der Waals surface area contributed by atoms with Gasteiger partial charge in [0.25, 0.3) is 0 Å². The average Bonchev–Trinajstić information content (AvgIpc) is 2.14. The maximum Gasteiger partial charge on any atom is 0.0340 e. The summed E-state index contributed by atoms with van der Waals surface area (Å²) in [6, 6.07) is 10.3. The lowest BCUT2D eigenvalue weighted by molar-refractivity contribution is 0.844. The Bertz CT molecular complexity index is 198. The summed E-state index contributed by atoms with van der Waals surface area (Å²) >= 11 is 4.15. The zero-order chi connectivity index (χ0) is 8.65. The molecule has 0 aliphatic carbocycles. The van der Waals surface area contributed by atoms with Gasteiger partial charge in [-0.3, -0.25) is 0 Å². The molecule has 0 unspecified atom stereocenters. The molecule has 0 aliphatic heterocycles. The highest BCUT2D eigenvalue weighted by atomic mass is 32.1. The van der Waals surface area contributed by atoms with Gasteiger partial charge in [0.2, 0.25) is 0 Å². The summed E-state index contributed by atoms with van der Waals surface area (Å²) in [7, 11) is 0. The van der Waals surface area contributed by atoms with Gasteiger partial charge >= 0.3 is 0 Å². The van der Waals surface area contributed by atoms with Crippen molar-refractivity contribution >= 4 is 18.3 Å². The van der Waals surface area contributed by atoms with Crippen LogP contribution in [0.1, 0.15) is 12.8 Å². The predicted octanol–water partition coefficient (Wildman–Crippen LogP) is 2.81. The number of hydrogen-bond acceptors (Lipinski definition) is 2. The Morgan fingerprint density at radius 2 is 1.83 bits per heavy atom. The van der Waals surface area contributed by atoms with Crippen molar-refractivity contribution in [3.05, 3.63) is 30.3 Å². The largest absolute Gasteiger partial charge is 0.385 e. The number of benzene rings is 1. The quantitative estimate of drug-likeness (QED) is 0.526. The Kier molecular flexibility index (Phi) is 4.69. The standard InChI is InChI=1S/C10H15NS/c12-9-5-4-8-11-10-6-2-1-3-7-10/h1-3,6-7,11-12H,4-5,8-9H2. The summed E-state index contributed by atoms with van der Waals surface area (Å²) in [5, 5.41) is 3.35. The number of nitrogens with one attached hydrogen (secondary N) is 1. The van der Waals surface area contributed by atoms with Crippen molar-refractivity contribution in [3.63, 3.8) is 0 Å². The van der Waals surface area contributed by atoms with Crippen molar-refractivity contribution in [3.8, 4) is 0 Å². The second kappa shape index (κ2) is 5.95. The molecule has 0 fully saturated rings. The van der Waals surface area contributed by atoms with Crippen LogP contribution in [0.15, 0.2) is 30.3 Å². The lowest BCUT2D eigenvalue weighted by atomic mass is 10.3. The van der Waals surface area contributed by atoms with Gasteiger partial charge in [0.15, 0.2) is 0 Å². The molecule has 66 valence electrons. The molecule has 0 aromatic heterocycles. The van der Waals surface area contributed by atoms with E-state index in [1.54, 1.807) is 0 Å². The van der Waals surface area contributed by atoms with Crippen LogP contribution < -0.4 is 5.32 Å². The van der Waals surface area contributed by atoms with Crippen LogP contribution in [-0.4, -0.2) is 12.3 Å². The average molecular weight is 181 g/mol. The third-order valence-electron chi connectivity index (χ3n) is 1.69. The number of thiol groups is 1. The molecule has 0 radical (unpaired) electrons. The maximum absolute atomic E-state index is 4.15. The summed E-state index contributed by atoms with van der Waals surface area (Å²) in [4.78, 5) is 0. The molecule has 2 heteroatoms. The lowest BCUT2D eigenvalue weighted by Crippen LogP contribution is -2.00. The number of hydrogen-bond donors (Lipinski definition) is 2. The summed E-state index contributed by atoms with van der Waals surface area (Å²) in [5.41, 5.74) is 1.21. The minimum absolute atomic E-state index is 0.983. The first kappa shape index (κ1) is 9.46. The zero-order valence-electron chi connectivity index (χ0n) is 7.16. The van der Waals surface area contributed by atoms with Crippen LogP contribution in [0.25, 0.3) is 0 Å². The van der Waals surface area contributed by atoms with Gasteiger partial charge in [-0.25, -0.2) is 0 Å². The van der Waals surface area contributed by atoms with E-state index in [1.165, 1.54) is 18.5 Å². The Morgan fingerprint density at radius 3 is 2.50 bits per heavy atom. The smallest absolute Gasteiger partial charge is 0.0340 e. The second-order valence-corrected chi connectivity index (χ2v) is 3.17. The van der Waals surface area contributed by atoms with E-state index in [-0.39, 0.29) is 0 Å². The molecular formula is C10H15NS. The number of rotatable bonds is 5. The SMILES string of the molecule is SCCCCNc1ccccc1. The Morgan fingerprint density at radius 1 is 1.08 bits per heavy atom. The minimum atomic E-state index is 0.983. The van der Waals surface area contributed by atoms with Crippen molar-refractivity contribution in [1.29, 1.82) is 0 Å². The molecule has 1 N–H and O–H groups in total. The van der Waals surface area contributed by atoms with E-state index in [1.807, 2.05) is 18.2 Å². The molecule has 0 amide bonds. The summed E-state index contributed by atoms with van der Waals surface area (Å²) in [6.45, 7) is 1.05. The van der Waals surface area contributed by atoms with Gasteiger partial charge < -0.3 is 5.32 Å². The summed E-state index contributed by atoms with van der Waals surface area (Å²) in [6.07, 6.45) is 2.38. The highest BCUT2D eigenvalue weighted by Gasteiger charge is 1.88. The van der Waals surface area contributed by atoms with Crippen molar-refractivity contribution in [2.24, 2.45) is 0 Å². The normalized spacial score (nSPS) is 9.75. The van der Waals surface area contributed by atoms with Crippen LogP contribution in [0.5, 0.6) is 0 Å². The van der Waals surface area contributed by atoms with Crippen molar-refractivity contribution < 1.29 is 0 Å². The molecule has 1 aromatic rings. The molecule has 0 atom stereocenters. The number of unbranched alkanes of at least 4 members (excludes halogenated alkanes) is 1. The monoisotopic (exact) mass is 181 g/mol. The Hall–Kier alpha value is -0.630. The molecule has 0 spiro atoms. The summed E-state index contributed by atoms with van der Waals surface area (Å²) in [5.74, 6) is 0.983. The third kappa shape index (κ3) is 3.67. The van der Waals surface area contributed by atoms with E-state index >= 15 is 0 Å².